The maximum absolute atomic E-state index is 13.2. The first-order valence-electron chi connectivity index (χ1n) is 10.9. The van der Waals surface area contributed by atoms with Gasteiger partial charge in [-0.1, -0.05) is 13.8 Å². The van der Waals surface area contributed by atoms with Crippen molar-refractivity contribution in [3.8, 4) is 5.75 Å². The molecule has 8 heteroatoms. The van der Waals surface area contributed by atoms with Crippen molar-refractivity contribution in [2.45, 2.75) is 64.1 Å². The van der Waals surface area contributed by atoms with Gasteiger partial charge in [-0.25, -0.2) is 0 Å². The van der Waals surface area contributed by atoms with Crippen molar-refractivity contribution in [2.24, 2.45) is 11.3 Å². The Bertz CT molecular complexity index is 740. The lowest BCUT2D eigenvalue weighted by Gasteiger charge is -2.40. The van der Waals surface area contributed by atoms with Crippen molar-refractivity contribution < 1.29 is 32.5 Å². The standard InChI is InChI=1S/C23H32F3NO4/c1-17(2)7-14-30-15-22(29)10-8-21(9-11-22)12-13-27(20(21)28)18-3-5-19(6-4-18)31-16-23(24,25)26/h3-6,17,29H,7-16H2,1-2H3/t21-,22+. The molecule has 1 aliphatic carbocycles. The summed E-state index contributed by atoms with van der Waals surface area (Å²) < 4.78 is 47.3. The number of carbonyl (C=O) groups is 1. The normalized spacial score (nSPS) is 26.8. The van der Waals surface area contributed by atoms with Gasteiger partial charge < -0.3 is 19.5 Å². The van der Waals surface area contributed by atoms with E-state index in [4.69, 9.17) is 9.47 Å². The highest BCUT2D eigenvalue weighted by atomic mass is 19.4. The van der Waals surface area contributed by atoms with Crippen LogP contribution in [0.4, 0.5) is 18.9 Å². The Balaban J connectivity index is 1.54. The molecule has 1 N–H and O–H groups in total. The molecule has 0 aromatic heterocycles. The molecule has 0 bridgehead atoms. The van der Waals surface area contributed by atoms with E-state index in [1.807, 2.05) is 0 Å². The molecule has 1 aliphatic heterocycles. The van der Waals surface area contributed by atoms with Crippen LogP contribution in [0.25, 0.3) is 0 Å². The van der Waals surface area contributed by atoms with Crippen LogP contribution >= 0.6 is 0 Å². The van der Waals surface area contributed by atoms with E-state index in [-0.39, 0.29) is 11.7 Å². The van der Waals surface area contributed by atoms with Gasteiger partial charge in [-0.15, -0.1) is 0 Å². The van der Waals surface area contributed by atoms with E-state index in [1.165, 1.54) is 12.1 Å². The number of benzene rings is 1. The quantitative estimate of drug-likeness (QED) is 0.591. The first kappa shape index (κ1) is 23.9. The van der Waals surface area contributed by atoms with E-state index < -0.39 is 23.8 Å². The highest BCUT2D eigenvalue weighted by Crippen LogP contribution is 2.48. The molecule has 5 nitrogen and oxygen atoms in total. The van der Waals surface area contributed by atoms with Crippen LogP contribution in [0, 0.1) is 11.3 Å². The molecule has 1 amide bonds. The second-order valence-electron chi connectivity index (χ2n) is 9.34. The second-order valence-corrected chi connectivity index (χ2v) is 9.34. The molecule has 174 valence electrons. The molecule has 31 heavy (non-hydrogen) atoms. The van der Waals surface area contributed by atoms with Gasteiger partial charge in [0.1, 0.15) is 5.75 Å². The molecular formula is C23H32F3NO4. The lowest BCUT2D eigenvalue weighted by atomic mass is 9.68. The van der Waals surface area contributed by atoms with E-state index in [0.717, 1.165) is 6.42 Å². The Labute approximate surface area is 181 Å². The number of anilines is 1. The fourth-order valence-corrected chi connectivity index (χ4v) is 4.34. The number of aliphatic hydroxyl groups is 1. The smallest absolute Gasteiger partial charge is 0.422 e. The topological polar surface area (TPSA) is 59.0 Å². The van der Waals surface area contributed by atoms with Gasteiger partial charge in [0.25, 0.3) is 0 Å². The molecule has 1 spiro atoms. The van der Waals surface area contributed by atoms with Gasteiger partial charge >= 0.3 is 6.18 Å². The summed E-state index contributed by atoms with van der Waals surface area (Å²) in [6, 6.07) is 6.13. The Morgan fingerprint density at radius 3 is 2.32 bits per heavy atom. The van der Waals surface area contributed by atoms with Crippen LogP contribution in [-0.4, -0.2) is 49.2 Å². The van der Waals surface area contributed by atoms with Gasteiger partial charge in [-0.05, 0) is 68.7 Å². The minimum Gasteiger partial charge on any atom is -0.484 e. The van der Waals surface area contributed by atoms with Crippen molar-refractivity contribution in [2.75, 3.05) is 31.3 Å². The summed E-state index contributed by atoms with van der Waals surface area (Å²) in [6.45, 7) is 4.40. The van der Waals surface area contributed by atoms with Crippen LogP contribution in [0.5, 0.6) is 5.75 Å². The van der Waals surface area contributed by atoms with E-state index in [9.17, 15) is 23.1 Å². The molecule has 2 fully saturated rings. The van der Waals surface area contributed by atoms with Gasteiger partial charge in [-0.3, -0.25) is 4.79 Å². The van der Waals surface area contributed by atoms with Crippen LogP contribution in [-0.2, 0) is 9.53 Å². The summed E-state index contributed by atoms with van der Waals surface area (Å²) >= 11 is 0. The Hall–Kier alpha value is -1.80. The zero-order valence-electron chi connectivity index (χ0n) is 18.2. The highest BCUT2D eigenvalue weighted by Gasteiger charge is 2.51. The van der Waals surface area contributed by atoms with Crippen LogP contribution in [0.2, 0.25) is 0 Å². The largest absolute Gasteiger partial charge is 0.484 e. The maximum Gasteiger partial charge on any atom is 0.422 e. The highest BCUT2D eigenvalue weighted by molar-refractivity contribution is 6.00. The first-order chi connectivity index (χ1) is 14.5. The van der Waals surface area contributed by atoms with E-state index in [0.29, 0.717) is 63.5 Å². The monoisotopic (exact) mass is 443 g/mol. The molecular weight excluding hydrogens is 411 g/mol. The van der Waals surface area contributed by atoms with Crippen molar-refractivity contribution >= 4 is 11.6 Å². The molecule has 0 radical (unpaired) electrons. The van der Waals surface area contributed by atoms with E-state index in [2.05, 4.69) is 13.8 Å². The van der Waals surface area contributed by atoms with Crippen LogP contribution in [0.15, 0.2) is 24.3 Å². The zero-order valence-corrected chi connectivity index (χ0v) is 18.2. The second kappa shape index (κ2) is 9.36. The van der Waals surface area contributed by atoms with Crippen molar-refractivity contribution in [1.82, 2.24) is 0 Å². The lowest BCUT2D eigenvalue weighted by molar-refractivity contribution is -0.153. The van der Waals surface area contributed by atoms with Gasteiger partial charge in [0, 0.05) is 18.8 Å². The van der Waals surface area contributed by atoms with E-state index >= 15 is 0 Å². The number of amides is 1. The predicted octanol–water partition coefficient (Wildman–Crippen LogP) is 4.72. The average molecular weight is 444 g/mol. The third kappa shape index (κ3) is 6.13. The van der Waals surface area contributed by atoms with Gasteiger partial charge in [0.2, 0.25) is 5.91 Å². The van der Waals surface area contributed by atoms with Crippen molar-refractivity contribution in [3.05, 3.63) is 24.3 Å². The van der Waals surface area contributed by atoms with E-state index in [1.54, 1.807) is 17.0 Å². The summed E-state index contributed by atoms with van der Waals surface area (Å²) in [5.41, 5.74) is -0.706. The van der Waals surface area contributed by atoms with Gasteiger partial charge in [0.15, 0.2) is 6.61 Å². The molecule has 1 heterocycles. The molecule has 1 saturated heterocycles. The number of alkyl halides is 3. The number of halogens is 3. The van der Waals surface area contributed by atoms with Crippen molar-refractivity contribution in [3.63, 3.8) is 0 Å². The molecule has 1 saturated carbocycles. The molecule has 1 aromatic rings. The third-order valence-corrected chi connectivity index (χ3v) is 6.41. The third-order valence-electron chi connectivity index (χ3n) is 6.41. The first-order valence-corrected chi connectivity index (χ1v) is 10.9. The molecule has 0 atom stereocenters. The van der Waals surface area contributed by atoms with Crippen molar-refractivity contribution in [1.29, 1.82) is 0 Å². The molecule has 1 aromatic carbocycles. The van der Waals surface area contributed by atoms with Crippen LogP contribution < -0.4 is 9.64 Å². The average Bonchev–Trinajstić information content (AvgIpc) is 3.03. The Kier molecular flexibility index (Phi) is 7.21. The fourth-order valence-electron chi connectivity index (χ4n) is 4.34. The Morgan fingerprint density at radius 1 is 1.10 bits per heavy atom. The summed E-state index contributed by atoms with van der Waals surface area (Å²) in [4.78, 5) is 14.9. The fraction of sp³-hybridized carbons (Fsp3) is 0.696. The van der Waals surface area contributed by atoms with Crippen LogP contribution in [0.3, 0.4) is 0 Å². The molecule has 0 unspecified atom stereocenters. The number of carbonyl (C=O) groups excluding carboxylic acids is 1. The summed E-state index contributed by atoms with van der Waals surface area (Å²) in [7, 11) is 0. The zero-order chi connectivity index (χ0) is 22.7. The van der Waals surface area contributed by atoms with Gasteiger partial charge in [0.05, 0.1) is 17.6 Å². The van der Waals surface area contributed by atoms with Crippen LogP contribution in [0.1, 0.15) is 52.4 Å². The predicted molar refractivity (Wildman–Crippen MR) is 111 cm³/mol. The summed E-state index contributed by atoms with van der Waals surface area (Å²) in [6.07, 6.45) is -0.455. The lowest BCUT2D eigenvalue weighted by Crippen LogP contribution is -2.45. The minimum absolute atomic E-state index is 0.0271. The minimum atomic E-state index is -4.39. The SMILES string of the molecule is CC(C)CCOC[C@]1(O)CC[C@]2(CCN(c3ccc(OCC(F)(F)F)cc3)C2=O)CC1. The number of hydrogen-bond donors (Lipinski definition) is 1. The summed E-state index contributed by atoms with van der Waals surface area (Å²) in [5.74, 6) is 0.693. The van der Waals surface area contributed by atoms with Gasteiger partial charge in [-0.2, -0.15) is 13.2 Å². The number of ether oxygens (including phenoxy) is 2. The molecule has 2 aliphatic rings. The molecule has 3 rings (SSSR count). The maximum atomic E-state index is 13.2. The number of hydrogen-bond acceptors (Lipinski definition) is 4. The summed E-state index contributed by atoms with van der Waals surface area (Å²) in [5, 5.41) is 10.8. The number of nitrogens with zero attached hydrogens (tertiary/aromatic N) is 1. The number of rotatable bonds is 8. The Morgan fingerprint density at radius 2 is 1.74 bits per heavy atom.